The van der Waals surface area contributed by atoms with Crippen LogP contribution < -0.4 is 0 Å². The fourth-order valence-corrected chi connectivity index (χ4v) is 3.33. The predicted molar refractivity (Wildman–Crippen MR) is 73.7 cm³/mol. The van der Waals surface area contributed by atoms with Crippen LogP contribution in [0.5, 0.6) is 0 Å². The largest absolute Gasteiger partial charge is 0.479 e. The maximum Gasteiger partial charge on any atom is 0.332 e. The minimum Gasteiger partial charge on any atom is -0.479 e. The Hall–Kier alpha value is -1.93. The monoisotopic (exact) mass is 310 g/mol. The van der Waals surface area contributed by atoms with Crippen molar-refractivity contribution in [3.05, 3.63) is 24.0 Å². The van der Waals surface area contributed by atoms with Crippen molar-refractivity contribution in [2.75, 3.05) is 6.26 Å². The molecular weight excluding hydrogens is 296 g/mol. The number of sulfone groups is 1. The molecule has 0 amide bonds. The van der Waals surface area contributed by atoms with E-state index >= 15 is 0 Å². The van der Waals surface area contributed by atoms with Gasteiger partial charge >= 0.3 is 5.97 Å². The highest BCUT2D eigenvalue weighted by atomic mass is 32.2. The molecule has 1 fully saturated rings. The van der Waals surface area contributed by atoms with Crippen LogP contribution in [-0.4, -0.2) is 41.8 Å². The van der Waals surface area contributed by atoms with Crippen LogP contribution in [0.1, 0.15) is 24.8 Å². The van der Waals surface area contributed by atoms with E-state index in [0.717, 1.165) is 6.26 Å². The summed E-state index contributed by atoms with van der Waals surface area (Å²) in [5, 5.41) is 8.93. The third kappa shape index (κ3) is 2.52. The zero-order valence-electron chi connectivity index (χ0n) is 11.2. The van der Waals surface area contributed by atoms with E-state index in [9.17, 15) is 13.2 Å². The zero-order chi connectivity index (χ0) is 15.2. The summed E-state index contributed by atoms with van der Waals surface area (Å²) < 4.78 is 28.9. The number of imidazole rings is 1. The number of aliphatic carboxylic acids is 1. The van der Waals surface area contributed by atoms with Crippen molar-refractivity contribution >= 4 is 26.8 Å². The van der Waals surface area contributed by atoms with Gasteiger partial charge < -0.3 is 14.8 Å². The molecular formula is C13H14N2O5S. The molecule has 2 aromatic rings. The van der Waals surface area contributed by atoms with E-state index in [4.69, 9.17) is 9.84 Å². The Bertz CT molecular complexity index is 811. The van der Waals surface area contributed by atoms with Gasteiger partial charge in [-0.2, -0.15) is 0 Å². The van der Waals surface area contributed by atoms with Gasteiger partial charge in [-0.15, -0.1) is 0 Å². The first-order chi connectivity index (χ1) is 9.86. The number of ether oxygens (including phenoxy) is 1. The first-order valence-electron chi connectivity index (χ1n) is 6.43. The molecule has 2 unspecified atom stereocenters. The van der Waals surface area contributed by atoms with Gasteiger partial charge in [0.05, 0.1) is 10.4 Å². The molecule has 0 spiro atoms. The van der Waals surface area contributed by atoms with Crippen molar-refractivity contribution < 1.29 is 23.1 Å². The SMILES string of the molecule is CS(=O)(=O)c1cccc2[nH]c(C3CCC(C(=O)O)O3)nc12. The fourth-order valence-electron chi connectivity index (χ4n) is 2.50. The van der Waals surface area contributed by atoms with Gasteiger partial charge in [0, 0.05) is 6.26 Å². The number of H-pyrrole nitrogens is 1. The standard InChI is InChI=1S/C13H14N2O5S/c1-21(18,19)10-4-2-3-7-11(10)15-12(14-7)8-5-6-9(20-8)13(16)17/h2-4,8-9H,5-6H2,1H3,(H,14,15)(H,16,17). The third-order valence-electron chi connectivity index (χ3n) is 3.49. The summed E-state index contributed by atoms with van der Waals surface area (Å²) in [7, 11) is -3.38. The van der Waals surface area contributed by atoms with E-state index in [-0.39, 0.29) is 4.90 Å². The summed E-state index contributed by atoms with van der Waals surface area (Å²) in [5.74, 6) is -0.532. The van der Waals surface area contributed by atoms with Crippen molar-refractivity contribution in [1.82, 2.24) is 9.97 Å². The number of benzene rings is 1. The van der Waals surface area contributed by atoms with Gasteiger partial charge in [-0.05, 0) is 25.0 Å². The van der Waals surface area contributed by atoms with Crippen LogP contribution in [-0.2, 0) is 19.4 Å². The van der Waals surface area contributed by atoms with Crippen LogP contribution in [0.3, 0.4) is 0 Å². The Balaban J connectivity index is 2.01. The van der Waals surface area contributed by atoms with Crippen LogP contribution in [0, 0.1) is 0 Å². The van der Waals surface area contributed by atoms with Gasteiger partial charge in [-0.25, -0.2) is 18.2 Å². The molecule has 1 aromatic heterocycles. The van der Waals surface area contributed by atoms with Crippen molar-refractivity contribution in [2.45, 2.75) is 29.9 Å². The highest BCUT2D eigenvalue weighted by Crippen LogP contribution is 2.33. The molecule has 7 nitrogen and oxygen atoms in total. The average molecular weight is 310 g/mol. The maximum absolute atomic E-state index is 11.8. The highest BCUT2D eigenvalue weighted by molar-refractivity contribution is 7.91. The van der Waals surface area contributed by atoms with E-state index < -0.39 is 28.0 Å². The number of aromatic nitrogens is 2. The molecule has 1 aliphatic heterocycles. The van der Waals surface area contributed by atoms with Gasteiger partial charge in [0.25, 0.3) is 0 Å². The molecule has 2 atom stereocenters. The summed E-state index contributed by atoms with van der Waals surface area (Å²) in [6.07, 6.45) is 0.785. The predicted octanol–water partition coefficient (Wildman–Crippen LogP) is 1.27. The van der Waals surface area contributed by atoms with E-state index in [2.05, 4.69) is 9.97 Å². The number of aromatic amines is 1. The number of para-hydroxylation sites is 1. The molecule has 21 heavy (non-hydrogen) atoms. The van der Waals surface area contributed by atoms with E-state index in [0.29, 0.717) is 29.7 Å². The minimum absolute atomic E-state index is 0.148. The lowest BCUT2D eigenvalue weighted by atomic mass is 10.2. The first-order valence-corrected chi connectivity index (χ1v) is 8.32. The molecule has 2 heterocycles. The summed E-state index contributed by atoms with van der Waals surface area (Å²) >= 11 is 0. The summed E-state index contributed by atoms with van der Waals surface area (Å²) in [6, 6.07) is 4.86. The molecule has 0 saturated carbocycles. The fraction of sp³-hybridized carbons (Fsp3) is 0.385. The molecule has 0 bridgehead atoms. The molecule has 1 saturated heterocycles. The van der Waals surface area contributed by atoms with Crippen molar-refractivity contribution in [3.8, 4) is 0 Å². The number of fused-ring (bicyclic) bond motifs is 1. The molecule has 112 valence electrons. The average Bonchev–Trinajstić information content (AvgIpc) is 3.03. The molecule has 0 aliphatic carbocycles. The van der Waals surface area contributed by atoms with Crippen molar-refractivity contribution in [3.63, 3.8) is 0 Å². The summed E-state index contributed by atoms with van der Waals surface area (Å²) in [5.41, 5.74) is 0.952. The summed E-state index contributed by atoms with van der Waals surface area (Å²) in [6.45, 7) is 0. The number of nitrogens with one attached hydrogen (secondary N) is 1. The van der Waals surface area contributed by atoms with Gasteiger partial charge in [0.1, 0.15) is 17.4 Å². The number of carbonyl (C=O) groups is 1. The summed E-state index contributed by atoms with van der Waals surface area (Å²) in [4.78, 5) is 18.4. The normalized spacial score (nSPS) is 22.7. The minimum atomic E-state index is -3.38. The first kappa shape index (κ1) is 14.0. The van der Waals surface area contributed by atoms with Crippen LogP contribution >= 0.6 is 0 Å². The Morgan fingerprint density at radius 3 is 2.81 bits per heavy atom. The number of hydrogen-bond donors (Lipinski definition) is 2. The Labute approximate surface area is 120 Å². The number of nitrogens with zero attached hydrogens (tertiary/aromatic N) is 1. The molecule has 1 aliphatic rings. The van der Waals surface area contributed by atoms with Crippen LogP contribution in [0.15, 0.2) is 23.1 Å². The highest BCUT2D eigenvalue weighted by Gasteiger charge is 2.33. The topological polar surface area (TPSA) is 109 Å². The van der Waals surface area contributed by atoms with Gasteiger partial charge in [0.15, 0.2) is 15.9 Å². The second-order valence-corrected chi connectivity index (χ2v) is 7.06. The maximum atomic E-state index is 11.8. The van der Waals surface area contributed by atoms with Gasteiger partial charge in [-0.1, -0.05) is 6.07 Å². The Kier molecular flexibility index (Phi) is 3.22. The molecule has 0 radical (unpaired) electrons. The lowest BCUT2D eigenvalue weighted by Gasteiger charge is -2.07. The van der Waals surface area contributed by atoms with E-state index in [1.54, 1.807) is 12.1 Å². The molecule has 1 aromatic carbocycles. The lowest BCUT2D eigenvalue weighted by molar-refractivity contribution is -0.149. The third-order valence-corrected chi connectivity index (χ3v) is 4.62. The Morgan fingerprint density at radius 1 is 1.43 bits per heavy atom. The van der Waals surface area contributed by atoms with Crippen LogP contribution in [0.2, 0.25) is 0 Å². The zero-order valence-corrected chi connectivity index (χ0v) is 12.1. The smallest absolute Gasteiger partial charge is 0.332 e. The molecule has 8 heteroatoms. The number of rotatable bonds is 3. The van der Waals surface area contributed by atoms with Crippen molar-refractivity contribution in [2.24, 2.45) is 0 Å². The van der Waals surface area contributed by atoms with E-state index in [1.807, 2.05) is 0 Å². The molecule has 2 N–H and O–H groups in total. The Morgan fingerprint density at radius 2 is 2.19 bits per heavy atom. The van der Waals surface area contributed by atoms with Crippen molar-refractivity contribution in [1.29, 1.82) is 0 Å². The number of hydrogen-bond acceptors (Lipinski definition) is 5. The quantitative estimate of drug-likeness (QED) is 0.883. The van der Waals surface area contributed by atoms with E-state index in [1.165, 1.54) is 6.07 Å². The molecule has 3 rings (SSSR count). The van der Waals surface area contributed by atoms with Crippen LogP contribution in [0.25, 0.3) is 11.0 Å². The number of carboxylic acid groups (broad SMARTS) is 1. The van der Waals surface area contributed by atoms with Gasteiger partial charge in [-0.3, -0.25) is 0 Å². The second kappa shape index (κ2) is 4.81. The second-order valence-electron chi connectivity index (χ2n) is 5.08. The lowest BCUT2D eigenvalue weighted by Crippen LogP contribution is -2.18. The van der Waals surface area contributed by atoms with Gasteiger partial charge in [0.2, 0.25) is 0 Å². The number of carboxylic acids is 1. The van der Waals surface area contributed by atoms with Crippen LogP contribution in [0.4, 0.5) is 0 Å².